The zero-order valence-corrected chi connectivity index (χ0v) is 14.7. The molecule has 2 aliphatic rings. The first-order valence-corrected chi connectivity index (χ1v) is 9.68. The lowest BCUT2D eigenvalue weighted by molar-refractivity contribution is -0.126. The van der Waals surface area contributed by atoms with Gasteiger partial charge in [-0.05, 0) is 30.4 Å². The number of amides is 2. The van der Waals surface area contributed by atoms with Crippen LogP contribution in [0.3, 0.4) is 0 Å². The molecule has 3 heterocycles. The molecule has 1 fully saturated rings. The zero-order valence-electron chi connectivity index (χ0n) is 13.0. The van der Waals surface area contributed by atoms with Crippen LogP contribution in [-0.2, 0) is 22.6 Å². The Morgan fingerprint density at radius 3 is 3.00 bits per heavy atom. The number of rotatable bonds is 4. The van der Waals surface area contributed by atoms with Crippen molar-refractivity contribution in [1.29, 1.82) is 0 Å². The maximum Gasteiger partial charge on any atom is 0.246 e. The highest BCUT2D eigenvalue weighted by Gasteiger charge is 2.31. The van der Waals surface area contributed by atoms with E-state index < -0.39 is 0 Å². The Kier molecular flexibility index (Phi) is 4.20. The van der Waals surface area contributed by atoms with Crippen LogP contribution in [0, 0.1) is 5.92 Å². The topological polar surface area (TPSA) is 62.3 Å². The fourth-order valence-electron chi connectivity index (χ4n) is 2.63. The second-order valence-corrected chi connectivity index (χ2v) is 8.07. The van der Waals surface area contributed by atoms with Crippen LogP contribution in [0.2, 0.25) is 0 Å². The molecule has 24 heavy (non-hydrogen) atoms. The maximum atomic E-state index is 12.3. The summed E-state index contributed by atoms with van der Waals surface area (Å²) in [5, 5.41) is 5.56. The first kappa shape index (κ1) is 15.5. The van der Waals surface area contributed by atoms with Crippen LogP contribution in [0.4, 0.5) is 5.13 Å². The highest BCUT2D eigenvalue weighted by molar-refractivity contribution is 7.15. The number of nitrogens with zero attached hydrogens (tertiary/aromatic N) is 2. The second-order valence-electron chi connectivity index (χ2n) is 6.01. The number of carbonyl (C=O) groups is 2. The average molecular weight is 359 g/mol. The van der Waals surface area contributed by atoms with Gasteiger partial charge in [0.15, 0.2) is 5.13 Å². The minimum absolute atomic E-state index is 0.0195. The first-order valence-electron chi connectivity index (χ1n) is 7.99. The molecule has 5 nitrogen and oxygen atoms in total. The smallest absolute Gasteiger partial charge is 0.246 e. The van der Waals surface area contributed by atoms with Crippen molar-refractivity contribution < 1.29 is 9.59 Å². The van der Waals surface area contributed by atoms with Crippen molar-refractivity contribution in [3.63, 3.8) is 0 Å². The number of nitrogens with one attached hydrogen (secondary N) is 1. The molecule has 0 aromatic carbocycles. The van der Waals surface area contributed by atoms with Crippen LogP contribution in [-0.4, -0.2) is 28.2 Å². The third-order valence-electron chi connectivity index (χ3n) is 4.15. The van der Waals surface area contributed by atoms with Crippen molar-refractivity contribution in [3.8, 4) is 0 Å². The Bertz CT molecular complexity index is 791. The Morgan fingerprint density at radius 1 is 1.38 bits per heavy atom. The minimum Gasteiger partial charge on any atom is -0.334 e. The monoisotopic (exact) mass is 359 g/mol. The van der Waals surface area contributed by atoms with Gasteiger partial charge in [0.2, 0.25) is 11.8 Å². The van der Waals surface area contributed by atoms with Gasteiger partial charge >= 0.3 is 0 Å². The molecule has 1 aliphatic carbocycles. The molecule has 0 atom stereocenters. The van der Waals surface area contributed by atoms with Crippen LogP contribution in [0.1, 0.15) is 28.3 Å². The van der Waals surface area contributed by atoms with E-state index in [1.165, 1.54) is 11.3 Å². The Morgan fingerprint density at radius 2 is 2.25 bits per heavy atom. The highest BCUT2D eigenvalue weighted by Crippen LogP contribution is 2.33. The average Bonchev–Trinajstić information content (AvgIpc) is 3.16. The summed E-state index contributed by atoms with van der Waals surface area (Å²) in [5.41, 5.74) is 1.01. The number of aromatic nitrogens is 1. The van der Waals surface area contributed by atoms with Gasteiger partial charge in [-0.25, -0.2) is 4.98 Å². The van der Waals surface area contributed by atoms with Gasteiger partial charge in [-0.2, -0.15) is 0 Å². The first-order chi connectivity index (χ1) is 11.7. The van der Waals surface area contributed by atoms with Crippen LogP contribution in [0.15, 0.2) is 23.6 Å². The molecular formula is C17H17N3O2S2. The van der Waals surface area contributed by atoms with E-state index >= 15 is 0 Å². The molecule has 0 unspecified atom stereocenters. The zero-order chi connectivity index (χ0) is 16.5. The SMILES string of the molecule is O=C(Nc1nc2c(s1)CN(C(=O)/C=C/c1cccs1)CC2)C1CC1. The van der Waals surface area contributed by atoms with Crippen LogP contribution in [0.5, 0.6) is 0 Å². The van der Waals surface area contributed by atoms with E-state index in [1.54, 1.807) is 17.4 Å². The van der Waals surface area contributed by atoms with Crippen molar-refractivity contribution in [2.24, 2.45) is 5.92 Å². The molecule has 2 aromatic rings. The molecule has 4 rings (SSSR count). The van der Waals surface area contributed by atoms with Crippen LogP contribution >= 0.6 is 22.7 Å². The predicted octanol–water partition coefficient (Wildman–Crippen LogP) is 3.15. The number of anilines is 1. The van der Waals surface area contributed by atoms with Gasteiger partial charge in [-0.3, -0.25) is 9.59 Å². The van der Waals surface area contributed by atoms with Crippen molar-refractivity contribution in [1.82, 2.24) is 9.88 Å². The molecule has 124 valence electrons. The quantitative estimate of drug-likeness (QED) is 0.853. The number of hydrogen-bond acceptors (Lipinski definition) is 5. The van der Waals surface area contributed by atoms with Gasteiger partial charge in [-0.15, -0.1) is 11.3 Å². The number of thiophene rings is 1. The largest absolute Gasteiger partial charge is 0.334 e. The second kappa shape index (κ2) is 6.49. The molecule has 1 saturated carbocycles. The summed E-state index contributed by atoms with van der Waals surface area (Å²) in [5.74, 6) is 0.269. The summed E-state index contributed by atoms with van der Waals surface area (Å²) in [7, 11) is 0. The van der Waals surface area contributed by atoms with Gasteiger partial charge in [0, 0.05) is 34.7 Å². The number of thiazole rings is 1. The lowest BCUT2D eigenvalue weighted by atomic mass is 10.2. The predicted molar refractivity (Wildman–Crippen MR) is 95.9 cm³/mol. The highest BCUT2D eigenvalue weighted by atomic mass is 32.1. The summed E-state index contributed by atoms with van der Waals surface area (Å²) in [6.07, 6.45) is 6.19. The number of fused-ring (bicyclic) bond motifs is 1. The third kappa shape index (κ3) is 3.42. The summed E-state index contributed by atoms with van der Waals surface area (Å²) < 4.78 is 0. The van der Waals surface area contributed by atoms with Crippen LogP contribution in [0.25, 0.3) is 6.08 Å². The summed E-state index contributed by atoms with van der Waals surface area (Å²) in [4.78, 5) is 32.7. The standard InChI is InChI=1S/C17H17N3O2S2/c21-15(6-5-12-2-1-9-23-12)20-8-7-13-14(10-20)24-17(18-13)19-16(22)11-3-4-11/h1-2,5-6,9,11H,3-4,7-8,10H2,(H,18,19,22)/b6-5+. The van der Waals surface area contributed by atoms with Crippen LogP contribution < -0.4 is 5.32 Å². The molecule has 1 aliphatic heterocycles. The molecule has 7 heteroatoms. The lowest BCUT2D eigenvalue weighted by Crippen LogP contribution is -2.34. The van der Waals surface area contributed by atoms with Crippen molar-refractivity contribution in [3.05, 3.63) is 39.0 Å². The third-order valence-corrected chi connectivity index (χ3v) is 5.99. The van der Waals surface area contributed by atoms with Gasteiger partial charge in [0.05, 0.1) is 12.2 Å². The van der Waals surface area contributed by atoms with Gasteiger partial charge < -0.3 is 10.2 Å². The van der Waals surface area contributed by atoms with Crippen molar-refractivity contribution in [2.75, 3.05) is 11.9 Å². The molecule has 2 aromatic heterocycles. The van der Waals surface area contributed by atoms with E-state index in [4.69, 9.17) is 0 Å². The molecule has 2 amide bonds. The van der Waals surface area contributed by atoms with E-state index in [1.807, 2.05) is 28.5 Å². The van der Waals surface area contributed by atoms with E-state index in [9.17, 15) is 9.59 Å². The summed E-state index contributed by atoms with van der Waals surface area (Å²) in [6, 6.07) is 3.96. The number of carbonyl (C=O) groups excluding carboxylic acids is 2. The fraction of sp³-hybridized carbons (Fsp3) is 0.353. The molecule has 0 bridgehead atoms. The van der Waals surface area contributed by atoms with Crippen molar-refractivity contribution in [2.45, 2.75) is 25.8 Å². The van der Waals surface area contributed by atoms with Gasteiger partial charge in [0.1, 0.15) is 0 Å². The Hall–Kier alpha value is -1.99. The summed E-state index contributed by atoms with van der Waals surface area (Å²) in [6.45, 7) is 1.24. The Balaban J connectivity index is 1.40. The van der Waals surface area contributed by atoms with E-state index in [2.05, 4.69) is 10.3 Å². The van der Waals surface area contributed by atoms with Gasteiger partial charge in [0.25, 0.3) is 0 Å². The van der Waals surface area contributed by atoms with E-state index in [0.717, 1.165) is 34.7 Å². The molecular weight excluding hydrogens is 342 g/mol. The minimum atomic E-state index is 0.0195. The molecule has 0 spiro atoms. The molecule has 1 N–H and O–H groups in total. The van der Waals surface area contributed by atoms with E-state index in [0.29, 0.717) is 18.2 Å². The maximum absolute atomic E-state index is 12.3. The molecule has 0 saturated heterocycles. The van der Waals surface area contributed by atoms with E-state index in [-0.39, 0.29) is 17.7 Å². The van der Waals surface area contributed by atoms with Crippen molar-refractivity contribution >= 4 is 45.7 Å². The number of hydrogen-bond donors (Lipinski definition) is 1. The molecule has 0 radical (unpaired) electrons. The van der Waals surface area contributed by atoms with Gasteiger partial charge in [-0.1, -0.05) is 17.4 Å². The lowest BCUT2D eigenvalue weighted by Gasteiger charge is -2.24. The normalized spacial score (nSPS) is 17.1. The summed E-state index contributed by atoms with van der Waals surface area (Å²) >= 11 is 3.10. The fourth-order valence-corrected chi connectivity index (χ4v) is 4.28. The Labute approximate surface area is 148 Å².